The van der Waals surface area contributed by atoms with Crippen molar-refractivity contribution in [2.45, 2.75) is 233 Å². The fourth-order valence-electron chi connectivity index (χ4n) is 6.62. The summed E-state index contributed by atoms with van der Waals surface area (Å²) < 4.78 is 12.6. The third-order valence-corrected chi connectivity index (χ3v) is 10.6. The lowest BCUT2D eigenvalue weighted by atomic mass is 10.0. The first-order valence-corrected chi connectivity index (χ1v) is 21.4. The first kappa shape index (κ1) is 42.6. The smallest absolute Gasteiger partial charge is 0.0808 e. The van der Waals surface area contributed by atoms with Crippen LogP contribution in [0.15, 0.2) is 10.8 Å². The minimum atomic E-state index is 0.162. The number of unbranched alkanes of at least 4 members (excludes halogenated alkanes) is 28. The number of ether oxygens (including phenoxy) is 2. The maximum absolute atomic E-state index is 6.28. The number of hydrogen-bond acceptors (Lipinski definition) is 3. The maximum Gasteiger partial charge on any atom is 0.0808 e. The Morgan fingerprint density at radius 1 is 0.378 bits per heavy atom. The second kappa shape index (κ2) is 33.5. The van der Waals surface area contributed by atoms with E-state index in [-0.39, 0.29) is 12.2 Å². The second-order valence-electron chi connectivity index (χ2n) is 14.2. The predicted molar refractivity (Wildman–Crippen MR) is 203 cm³/mol. The van der Waals surface area contributed by atoms with Crippen molar-refractivity contribution < 1.29 is 9.47 Å². The van der Waals surface area contributed by atoms with E-state index in [1.54, 1.807) is 11.3 Å². The normalized spacial score (nSPS) is 13.1. The van der Waals surface area contributed by atoms with Crippen molar-refractivity contribution in [3.63, 3.8) is 0 Å². The molecule has 2 unspecified atom stereocenters. The highest BCUT2D eigenvalue weighted by Gasteiger charge is 2.17. The van der Waals surface area contributed by atoms with Crippen molar-refractivity contribution >= 4 is 11.3 Å². The molecule has 1 aromatic heterocycles. The maximum atomic E-state index is 6.28. The number of hydrogen-bond donors (Lipinski definition) is 0. The van der Waals surface area contributed by atoms with Crippen LogP contribution < -0.4 is 0 Å². The Labute approximate surface area is 287 Å². The Bertz CT molecular complexity index is 644. The molecule has 0 bridgehead atoms. The van der Waals surface area contributed by atoms with E-state index >= 15 is 0 Å². The number of thiophene rings is 1. The molecule has 0 aliphatic heterocycles. The molecule has 266 valence electrons. The van der Waals surface area contributed by atoms with Gasteiger partial charge >= 0.3 is 0 Å². The Hall–Kier alpha value is -0.380. The van der Waals surface area contributed by atoms with Gasteiger partial charge in [0.1, 0.15) is 0 Å². The van der Waals surface area contributed by atoms with E-state index in [9.17, 15) is 0 Å². The van der Waals surface area contributed by atoms with E-state index in [2.05, 4.69) is 38.5 Å². The average Bonchev–Trinajstić information content (AvgIpc) is 3.55. The summed E-state index contributed by atoms with van der Waals surface area (Å²) >= 11 is 1.79. The van der Waals surface area contributed by atoms with Gasteiger partial charge in [0.25, 0.3) is 0 Å². The molecule has 0 amide bonds. The third-order valence-electron chi connectivity index (χ3n) is 9.83. The quantitative estimate of drug-likeness (QED) is 0.0674. The Kier molecular flexibility index (Phi) is 31.8. The summed E-state index contributed by atoms with van der Waals surface area (Å²) in [6.07, 6.45) is 42.5. The number of rotatable bonds is 36. The molecule has 1 rings (SSSR count). The average molecular weight is 649 g/mol. The summed E-state index contributed by atoms with van der Waals surface area (Å²) in [6, 6.07) is 0. The molecule has 1 heterocycles. The van der Waals surface area contributed by atoms with E-state index in [1.807, 2.05) is 0 Å². The predicted octanol–water partition coefficient (Wildman–Crippen LogP) is 15.6. The first-order chi connectivity index (χ1) is 22.2. The zero-order chi connectivity index (χ0) is 32.5. The molecule has 3 heteroatoms. The lowest BCUT2D eigenvalue weighted by Gasteiger charge is -2.18. The zero-order valence-electron chi connectivity index (χ0n) is 31.2. The molecular formula is C42H80O2S. The summed E-state index contributed by atoms with van der Waals surface area (Å²) in [4.78, 5) is 0. The van der Waals surface area contributed by atoms with Crippen LogP contribution in [0.25, 0.3) is 0 Å². The molecular weight excluding hydrogens is 569 g/mol. The lowest BCUT2D eigenvalue weighted by molar-refractivity contribution is 0.0475. The standard InChI is InChI=1S/C42H80O2S/c1-5-7-9-11-13-15-17-19-21-23-25-27-29-31-33-35-43-39(3)41-37-45-38-42(41)40(4)44-36-34-32-30-28-26-24-22-20-18-16-14-12-10-8-6-2/h37-40H,5-36H2,1-4H3. The molecule has 2 atom stereocenters. The monoisotopic (exact) mass is 649 g/mol. The Morgan fingerprint density at radius 2 is 0.600 bits per heavy atom. The van der Waals surface area contributed by atoms with Crippen LogP contribution in [0, 0.1) is 0 Å². The van der Waals surface area contributed by atoms with Crippen LogP contribution in [0.2, 0.25) is 0 Å². The molecule has 0 saturated carbocycles. The van der Waals surface area contributed by atoms with Crippen LogP contribution in [-0.2, 0) is 9.47 Å². The van der Waals surface area contributed by atoms with Gasteiger partial charge in [-0.05, 0) is 48.6 Å². The highest BCUT2D eigenvalue weighted by Crippen LogP contribution is 2.31. The summed E-state index contributed by atoms with van der Waals surface area (Å²) in [5.74, 6) is 0. The molecule has 0 aromatic carbocycles. The van der Waals surface area contributed by atoms with Gasteiger partial charge in [0, 0.05) is 13.2 Å². The van der Waals surface area contributed by atoms with Crippen LogP contribution in [0.1, 0.15) is 244 Å². The van der Waals surface area contributed by atoms with E-state index in [0.717, 1.165) is 13.2 Å². The van der Waals surface area contributed by atoms with Crippen molar-refractivity contribution in [3.05, 3.63) is 21.9 Å². The molecule has 45 heavy (non-hydrogen) atoms. The van der Waals surface area contributed by atoms with E-state index in [4.69, 9.17) is 9.47 Å². The topological polar surface area (TPSA) is 18.5 Å². The fourth-order valence-corrected chi connectivity index (χ4v) is 7.64. The van der Waals surface area contributed by atoms with Gasteiger partial charge in [-0.2, -0.15) is 11.3 Å². The highest BCUT2D eigenvalue weighted by molar-refractivity contribution is 7.08. The molecule has 0 N–H and O–H groups in total. The molecule has 0 spiro atoms. The van der Waals surface area contributed by atoms with Crippen LogP contribution in [0.5, 0.6) is 0 Å². The third kappa shape index (κ3) is 26.3. The van der Waals surface area contributed by atoms with Crippen molar-refractivity contribution in [2.75, 3.05) is 13.2 Å². The Balaban J connectivity index is 1.94. The highest BCUT2D eigenvalue weighted by atomic mass is 32.1. The van der Waals surface area contributed by atoms with Crippen molar-refractivity contribution in [3.8, 4) is 0 Å². The van der Waals surface area contributed by atoms with E-state index < -0.39 is 0 Å². The molecule has 1 aromatic rings. The van der Waals surface area contributed by atoms with Gasteiger partial charge in [0.05, 0.1) is 12.2 Å². The fraction of sp³-hybridized carbons (Fsp3) is 0.905. The van der Waals surface area contributed by atoms with Crippen LogP contribution in [-0.4, -0.2) is 13.2 Å². The largest absolute Gasteiger partial charge is 0.374 e. The second-order valence-corrected chi connectivity index (χ2v) is 15.0. The van der Waals surface area contributed by atoms with Gasteiger partial charge in [0.2, 0.25) is 0 Å². The Morgan fingerprint density at radius 3 is 0.844 bits per heavy atom. The molecule has 0 saturated heterocycles. The minimum absolute atomic E-state index is 0.162. The first-order valence-electron chi connectivity index (χ1n) is 20.5. The van der Waals surface area contributed by atoms with Gasteiger partial charge in [-0.3, -0.25) is 0 Å². The van der Waals surface area contributed by atoms with Crippen LogP contribution >= 0.6 is 11.3 Å². The van der Waals surface area contributed by atoms with Crippen molar-refractivity contribution in [1.29, 1.82) is 0 Å². The molecule has 2 nitrogen and oxygen atoms in total. The van der Waals surface area contributed by atoms with Gasteiger partial charge in [-0.15, -0.1) is 0 Å². The van der Waals surface area contributed by atoms with Crippen LogP contribution in [0.4, 0.5) is 0 Å². The molecule has 0 aliphatic carbocycles. The van der Waals surface area contributed by atoms with Crippen molar-refractivity contribution in [1.82, 2.24) is 0 Å². The SMILES string of the molecule is CCCCCCCCCCCCCCCCCOC(C)c1cscc1C(C)OCCCCCCCCCCCCCCCCC. The zero-order valence-corrected chi connectivity index (χ0v) is 32.0. The van der Waals surface area contributed by atoms with E-state index in [1.165, 1.54) is 204 Å². The van der Waals surface area contributed by atoms with Crippen LogP contribution in [0.3, 0.4) is 0 Å². The summed E-state index contributed by atoms with van der Waals surface area (Å²) in [7, 11) is 0. The summed E-state index contributed by atoms with van der Waals surface area (Å²) in [5, 5.41) is 4.56. The molecule has 0 fully saturated rings. The van der Waals surface area contributed by atoms with E-state index in [0.29, 0.717) is 0 Å². The minimum Gasteiger partial charge on any atom is -0.374 e. The summed E-state index contributed by atoms with van der Waals surface area (Å²) in [6.45, 7) is 10.8. The molecule has 0 aliphatic rings. The van der Waals surface area contributed by atoms with Gasteiger partial charge < -0.3 is 9.47 Å². The molecule has 0 radical (unpaired) electrons. The lowest BCUT2D eigenvalue weighted by Crippen LogP contribution is -2.07. The van der Waals surface area contributed by atoms with Gasteiger partial charge in [-0.25, -0.2) is 0 Å². The van der Waals surface area contributed by atoms with Gasteiger partial charge in [-0.1, -0.05) is 194 Å². The summed E-state index contributed by atoms with van der Waals surface area (Å²) in [5.41, 5.74) is 2.68. The van der Waals surface area contributed by atoms with Gasteiger partial charge in [0.15, 0.2) is 0 Å². The van der Waals surface area contributed by atoms with Crippen molar-refractivity contribution in [2.24, 2.45) is 0 Å².